The smallest absolute Gasteiger partial charge is 0.322 e. The van der Waals surface area contributed by atoms with E-state index in [0.717, 1.165) is 6.42 Å². The highest BCUT2D eigenvalue weighted by Gasteiger charge is 2.39. The van der Waals surface area contributed by atoms with Crippen LogP contribution in [0.2, 0.25) is 0 Å². The number of carboxylic acids is 1. The average Bonchev–Trinajstić information content (AvgIpc) is 2.32. The van der Waals surface area contributed by atoms with E-state index in [4.69, 9.17) is 10.8 Å². The lowest BCUT2D eigenvalue weighted by molar-refractivity contribution is -0.140. The van der Waals surface area contributed by atoms with Crippen LogP contribution in [0.3, 0.4) is 0 Å². The summed E-state index contributed by atoms with van der Waals surface area (Å²) in [5.41, 5.74) is 4.99. The number of likely N-dealkylation sites (tertiary alicyclic amines) is 1. The normalized spacial score (nSPS) is 22.5. The summed E-state index contributed by atoms with van der Waals surface area (Å²) >= 11 is 0. The lowest BCUT2D eigenvalue weighted by Gasteiger charge is -2.21. The van der Waals surface area contributed by atoms with Gasteiger partial charge in [0.2, 0.25) is 5.91 Å². The van der Waals surface area contributed by atoms with Crippen LogP contribution in [0, 0.1) is 5.41 Å². The van der Waals surface area contributed by atoms with Gasteiger partial charge in [-0.3, -0.25) is 9.59 Å². The molecule has 5 heteroatoms. The molecule has 1 aliphatic heterocycles. The zero-order chi connectivity index (χ0) is 10.9. The van der Waals surface area contributed by atoms with Gasteiger partial charge >= 0.3 is 5.97 Å². The highest BCUT2D eigenvalue weighted by Crippen LogP contribution is 2.30. The second kappa shape index (κ2) is 3.57. The van der Waals surface area contributed by atoms with Crippen LogP contribution in [0.5, 0.6) is 0 Å². The van der Waals surface area contributed by atoms with Crippen LogP contribution in [0.15, 0.2) is 0 Å². The third kappa shape index (κ3) is 2.04. The monoisotopic (exact) mass is 200 g/mol. The van der Waals surface area contributed by atoms with Gasteiger partial charge in [0.15, 0.2) is 0 Å². The molecule has 0 aromatic heterocycles. The molecule has 1 fully saturated rings. The zero-order valence-electron chi connectivity index (χ0n) is 8.49. The molecule has 1 saturated heterocycles. The number of rotatable bonds is 3. The first kappa shape index (κ1) is 11.0. The van der Waals surface area contributed by atoms with Gasteiger partial charge in [-0.2, -0.15) is 0 Å². The molecule has 0 aromatic carbocycles. The molecule has 1 rings (SSSR count). The van der Waals surface area contributed by atoms with E-state index in [1.807, 2.05) is 13.8 Å². The molecule has 3 N–H and O–H groups in total. The molecular formula is C9H16N2O3. The predicted octanol–water partition coefficient (Wildman–Crippen LogP) is -0.343. The number of carbonyl (C=O) groups excluding carboxylic acids is 1. The Balaban J connectivity index is 2.57. The SMILES string of the molecule is CC1(C)CCN(CC(N)C(=O)O)C1=O. The molecule has 1 aliphatic rings. The molecule has 0 bridgehead atoms. The first-order valence-corrected chi connectivity index (χ1v) is 4.62. The Bertz CT molecular complexity index is 263. The standard InChI is InChI=1S/C9H16N2O3/c1-9(2)3-4-11(8(9)14)5-6(10)7(12)13/h6H,3-5,10H2,1-2H3,(H,12,13). The third-order valence-corrected chi connectivity index (χ3v) is 2.61. The predicted molar refractivity (Wildman–Crippen MR) is 50.6 cm³/mol. The number of nitrogens with zero attached hydrogens (tertiary/aromatic N) is 1. The lowest BCUT2D eigenvalue weighted by atomic mass is 9.92. The molecule has 14 heavy (non-hydrogen) atoms. The van der Waals surface area contributed by atoms with Crippen LogP contribution in [0.25, 0.3) is 0 Å². The molecule has 80 valence electrons. The molecular weight excluding hydrogens is 184 g/mol. The van der Waals surface area contributed by atoms with Gasteiger partial charge in [0.25, 0.3) is 0 Å². The Labute approximate surface area is 82.9 Å². The van der Waals surface area contributed by atoms with Crippen LogP contribution < -0.4 is 5.73 Å². The average molecular weight is 200 g/mol. The van der Waals surface area contributed by atoms with Crippen LogP contribution in [-0.2, 0) is 9.59 Å². The zero-order valence-corrected chi connectivity index (χ0v) is 8.49. The highest BCUT2D eigenvalue weighted by molar-refractivity contribution is 5.84. The number of aliphatic carboxylic acids is 1. The molecule has 0 aliphatic carbocycles. The minimum Gasteiger partial charge on any atom is -0.480 e. The van der Waals surface area contributed by atoms with E-state index in [9.17, 15) is 9.59 Å². The van der Waals surface area contributed by atoms with Crippen molar-refractivity contribution in [3.63, 3.8) is 0 Å². The molecule has 5 nitrogen and oxygen atoms in total. The Kier molecular flexibility index (Phi) is 2.80. The van der Waals surface area contributed by atoms with Crippen LogP contribution >= 0.6 is 0 Å². The number of amides is 1. The minimum atomic E-state index is -1.07. The lowest BCUT2D eigenvalue weighted by Crippen LogP contribution is -2.44. The first-order valence-electron chi connectivity index (χ1n) is 4.62. The van der Waals surface area contributed by atoms with Gasteiger partial charge in [0.1, 0.15) is 6.04 Å². The molecule has 1 heterocycles. The number of hydrogen-bond acceptors (Lipinski definition) is 3. The van der Waals surface area contributed by atoms with Crippen molar-refractivity contribution in [1.82, 2.24) is 4.90 Å². The molecule has 1 amide bonds. The Morgan fingerprint density at radius 3 is 2.64 bits per heavy atom. The van der Waals surface area contributed by atoms with Crippen molar-refractivity contribution >= 4 is 11.9 Å². The van der Waals surface area contributed by atoms with Crippen LogP contribution in [0.1, 0.15) is 20.3 Å². The minimum absolute atomic E-state index is 0.00537. The van der Waals surface area contributed by atoms with Gasteiger partial charge in [-0.15, -0.1) is 0 Å². The molecule has 1 unspecified atom stereocenters. The summed E-state index contributed by atoms with van der Waals surface area (Å²) in [6.07, 6.45) is 0.762. The third-order valence-electron chi connectivity index (χ3n) is 2.61. The van der Waals surface area contributed by atoms with Crippen molar-refractivity contribution < 1.29 is 14.7 Å². The summed E-state index contributed by atoms with van der Waals surface area (Å²) in [7, 11) is 0. The van der Waals surface area contributed by atoms with Crippen molar-refractivity contribution in [3.8, 4) is 0 Å². The van der Waals surface area contributed by atoms with E-state index in [1.54, 1.807) is 0 Å². The summed E-state index contributed by atoms with van der Waals surface area (Å²) in [5.74, 6) is -1.07. The van der Waals surface area contributed by atoms with Gasteiger partial charge < -0.3 is 15.7 Å². The fraction of sp³-hybridized carbons (Fsp3) is 0.778. The van der Waals surface area contributed by atoms with Gasteiger partial charge in [-0.05, 0) is 6.42 Å². The van der Waals surface area contributed by atoms with E-state index < -0.39 is 12.0 Å². The van der Waals surface area contributed by atoms with Crippen molar-refractivity contribution in [2.45, 2.75) is 26.3 Å². The molecule has 0 saturated carbocycles. The van der Waals surface area contributed by atoms with Crippen molar-refractivity contribution in [2.24, 2.45) is 11.1 Å². The quantitative estimate of drug-likeness (QED) is 0.652. The van der Waals surface area contributed by atoms with E-state index >= 15 is 0 Å². The summed E-state index contributed by atoms with van der Waals surface area (Å²) < 4.78 is 0. The highest BCUT2D eigenvalue weighted by atomic mass is 16.4. The summed E-state index contributed by atoms with van der Waals surface area (Å²) in [4.78, 5) is 23.7. The van der Waals surface area contributed by atoms with E-state index in [2.05, 4.69) is 0 Å². The van der Waals surface area contributed by atoms with Crippen molar-refractivity contribution in [2.75, 3.05) is 13.1 Å². The van der Waals surface area contributed by atoms with Gasteiger partial charge in [-0.1, -0.05) is 13.8 Å². The maximum absolute atomic E-state index is 11.7. The molecule has 0 aromatic rings. The number of nitrogens with two attached hydrogens (primary N) is 1. The molecule has 0 spiro atoms. The topological polar surface area (TPSA) is 83.6 Å². The largest absolute Gasteiger partial charge is 0.480 e. The van der Waals surface area contributed by atoms with Crippen molar-refractivity contribution in [1.29, 1.82) is 0 Å². The van der Waals surface area contributed by atoms with E-state index in [1.165, 1.54) is 4.90 Å². The number of hydrogen-bond donors (Lipinski definition) is 2. The Hall–Kier alpha value is -1.10. The van der Waals surface area contributed by atoms with Crippen LogP contribution in [0.4, 0.5) is 0 Å². The summed E-state index contributed by atoms with van der Waals surface area (Å²) in [6.45, 7) is 4.44. The van der Waals surface area contributed by atoms with Crippen LogP contribution in [-0.4, -0.2) is 41.0 Å². The van der Waals surface area contributed by atoms with E-state index in [-0.39, 0.29) is 17.9 Å². The fourth-order valence-electron chi connectivity index (χ4n) is 1.54. The van der Waals surface area contributed by atoms with Crippen molar-refractivity contribution in [3.05, 3.63) is 0 Å². The van der Waals surface area contributed by atoms with Gasteiger partial charge in [-0.25, -0.2) is 0 Å². The number of carbonyl (C=O) groups is 2. The number of carboxylic acid groups (broad SMARTS) is 1. The second-order valence-corrected chi connectivity index (χ2v) is 4.33. The summed E-state index contributed by atoms with van der Waals surface area (Å²) in [5, 5.41) is 8.60. The van der Waals surface area contributed by atoms with Gasteiger partial charge in [0, 0.05) is 18.5 Å². The molecule has 1 atom stereocenters. The van der Waals surface area contributed by atoms with Gasteiger partial charge in [0.05, 0.1) is 0 Å². The Morgan fingerprint density at radius 1 is 1.71 bits per heavy atom. The van der Waals surface area contributed by atoms with E-state index in [0.29, 0.717) is 6.54 Å². The second-order valence-electron chi connectivity index (χ2n) is 4.33. The molecule has 0 radical (unpaired) electrons. The summed E-state index contributed by atoms with van der Waals surface area (Å²) in [6, 6.07) is -0.979. The Morgan fingerprint density at radius 2 is 2.29 bits per heavy atom. The maximum atomic E-state index is 11.7. The first-order chi connectivity index (χ1) is 6.34. The fourth-order valence-corrected chi connectivity index (χ4v) is 1.54. The maximum Gasteiger partial charge on any atom is 0.322 e.